The third-order valence-electron chi connectivity index (χ3n) is 3.97. The Bertz CT molecular complexity index is 830. The SMILES string of the molecule is O=c1c2c(nc3cc(-c4ccccc4)[nH]n13)CCCC2. The van der Waals surface area contributed by atoms with Crippen LogP contribution in [0.25, 0.3) is 16.9 Å². The van der Waals surface area contributed by atoms with E-state index in [2.05, 4.69) is 10.1 Å². The molecule has 4 nitrogen and oxygen atoms in total. The first-order valence-corrected chi connectivity index (χ1v) is 7.02. The molecule has 0 unspecified atom stereocenters. The minimum atomic E-state index is 0.0619. The van der Waals surface area contributed by atoms with E-state index in [9.17, 15) is 4.79 Å². The van der Waals surface area contributed by atoms with E-state index in [1.54, 1.807) is 4.52 Å². The van der Waals surface area contributed by atoms with Crippen molar-refractivity contribution in [2.45, 2.75) is 25.7 Å². The molecule has 0 aliphatic heterocycles. The fraction of sp³-hybridized carbons (Fsp3) is 0.250. The van der Waals surface area contributed by atoms with Gasteiger partial charge in [-0.2, -0.15) is 0 Å². The predicted octanol–water partition coefficient (Wildman–Crippen LogP) is 2.57. The summed E-state index contributed by atoms with van der Waals surface area (Å²) in [6.45, 7) is 0. The molecule has 1 aromatic carbocycles. The van der Waals surface area contributed by atoms with Crippen LogP contribution >= 0.6 is 0 Å². The number of aromatic nitrogens is 3. The molecule has 1 aliphatic carbocycles. The van der Waals surface area contributed by atoms with E-state index in [0.29, 0.717) is 0 Å². The van der Waals surface area contributed by atoms with Gasteiger partial charge in [-0.25, -0.2) is 9.50 Å². The maximum atomic E-state index is 12.5. The quantitative estimate of drug-likeness (QED) is 0.735. The van der Waals surface area contributed by atoms with Crippen LogP contribution < -0.4 is 5.56 Å². The lowest BCUT2D eigenvalue weighted by Gasteiger charge is -2.13. The average molecular weight is 265 g/mol. The molecule has 1 aliphatic rings. The summed E-state index contributed by atoms with van der Waals surface area (Å²) in [5, 5.41) is 3.17. The maximum Gasteiger partial charge on any atom is 0.276 e. The smallest absolute Gasteiger partial charge is 0.276 e. The molecule has 100 valence electrons. The fourth-order valence-electron chi connectivity index (χ4n) is 2.92. The van der Waals surface area contributed by atoms with Crippen molar-refractivity contribution in [1.82, 2.24) is 14.6 Å². The number of rotatable bonds is 1. The Morgan fingerprint density at radius 3 is 2.75 bits per heavy atom. The summed E-state index contributed by atoms with van der Waals surface area (Å²) >= 11 is 0. The molecule has 0 saturated carbocycles. The Hall–Kier alpha value is -2.36. The summed E-state index contributed by atoms with van der Waals surface area (Å²) < 4.78 is 1.58. The van der Waals surface area contributed by atoms with Gasteiger partial charge >= 0.3 is 0 Å². The maximum absolute atomic E-state index is 12.5. The summed E-state index contributed by atoms with van der Waals surface area (Å²) in [5.41, 5.74) is 4.64. The summed E-state index contributed by atoms with van der Waals surface area (Å²) in [6, 6.07) is 12.0. The molecule has 0 spiro atoms. The Labute approximate surface area is 116 Å². The highest BCUT2D eigenvalue weighted by Gasteiger charge is 2.17. The Morgan fingerprint density at radius 2 is 1.90 bits per heavy atom. The van der Waals surface area contributed by atoms with Gasteiger partial charge < -0.3 is 0 Å². The van der Waals surface area contributed by atoms with Crippen molar-refractivity contribution in [1.29, 1.82) is 0 Å². The highest BCUT2D eigenvalue weighted by molar-refractivity contribution is 5.64. The van der Waals surface area contributed by atoms with Gasteiger partial charge in [-0.3, -0.25) is 9.89 Å². The molecular formula is C16H15N3O. The zero-order valence-corrected chi connectivity index (χ0v) is 11.1. The van der Waals surface area contributed by atoms with Crippen LogP contribution in [0.2, 0.25) is 0 Å². The Kier molecular flexibility index (Phi) is 2.49. The number of fused-ring (bicyclic) bond motifs is 2. The van der Waals surface area contributed by atoms with Crippen LogP contribution in [0.1, 0.15) is 24.1 Å². The molecule has 4 rings (SSSR count). The van der Waals surface area contributed by atoms with Gasteiger partial charge in [-0.05, 0) is 31.2 Å². The second-order valence-electron chi connectivity index (χ2n) is 5.28. The molecule has 2 aromatic heterocycles. The molecule has 20 heavy (non-hydrogen) atoms. The fourth-order valence-corrected chi connectivity index (χ4v) is 2.92. The third-order valence-corrected chi connectivity index (χ3v) is 3.97. The number of nitrogens with zero attached hydrogens (tertiary/aromatic N) is 2. The average Bonchev–Trinajstić information content (AvgIpc) is 2.93. The van der Waals surface area contributed by atoms with Crippen molar-refractivity contribution in [3.05, 3.63) is 58.0 Å². The molecule has 0 saturated heterocycles. The largest absolute Gasteiger partial charge is 0.289 e. The molecule has 0 fully saturated rings. The van der Waals surface area contributed by atoms with Crippen LogP contribution in [-0.4, -0.2) is 14.6 Å². The van der Waals surface area contributed by atoms with Gasteiger partial charge in [-0.1, -0.05) is 30.3 Å². The van der Waals surface area contributed by atoms with Crippen molar-refractivity contribution in [3.63, 3.8) is 0 Å². The predicted molar refractivity (Wildman–Crippen MR) is 77.9 cm³/mol. The molecule has 3 aromatic rings. The third kappa shape index (κ3) is 1.68. The zero-order chi connectivity index (χ0) is 13.5. The normalized spacial score (nSPS) is 14.4. The Morgan fingerprint density at radius 1 is 1.10 bits per heavy atom. The monoisotopic (exact) mass is 265 g/mol. The van der Waals surface area contributed by atoms with Crippen LogP contribution in [0.15, 0.2) is 41.2 Å². The first-order valence-electron chi connectivity index (χ1n) is 7.02. The molecule has 0 bridgehead atoms. The van der Waals surface area contributed by atoms with Gasteiger partial charge in [0.1, 0.15) is 0 Å². The van der Waals surface area contributed by atoms with Crippen molar-refractivity contribution in [2.75, 3.05) is 0 Å². The highest BCUT2D eigenvalue weighted by Crippen LogP contribution is 2.21. The standard InChI is InChI=1S/C16H15N3O/c20-16-12-8-4-5-9-13(12)17-15-10-14(18-19(15)16)11-6-2-1-3-7-11/h1-3,6-7,10,18H,4-5,8-9H2. The van der Waals surface area contributed by atoms with E-state index >= 15 is 0 Å². The summed E-state index contributed by atoms with van der Waals surface area (Å²) in [7, 11) is 0. The molecule has 1 N–H and O–H groups in total. The van der Waals surface area contributed by atoms with E-state index < -0.39 is 0 Å². The van der Waals surface area contributed by atoms with Gasteiger partial charge in [0.15, 0.2) is 5.65 Å². The van der Waals surface area contributed by atoms with Gasteiger partial charge in [-0.15, -0.1) is 0 Å². The van der Waals surface area contributed by atoms with E-state index in [1.807, 2.05) is 36.4 Å². The van der Waals surface area contributed by atoms with Crippen molar-refractivity contribution in [3.8, 4) is 11.3 Å². The van der Waals surface area contributed by atoms with Gasteiger partial charge in [0, 0.05) is 11.6 Å². The van der Waals surface area contributed by atoms with Gasteiger partial charge in [0.2, 0.25) is 0 Å². The van der Waals surface area contributed by atoms with Crippen LogP contribution in [0.4, 0.5) is 0 Å². The van der Waals surface area contributed by atoms with Gasteiger partial charge in [0.05, 0.1) is 11.4 Å². The van der Waals surface area contributed by atoms with Crippen LogP contribution in [0, 0.1) is 0 Å². The number of H-pyrrole nitrogens is 1. The van der Waals surface area contributed by atoms with Crippen LogP contribution in [0.5, 0.6) is 0 Å². The van der Waals surface area contributed by atoms with E-state index in [4.69, 9.17) is 0 Å². The zero-order valence-electron chi connectivity index (χ0n) is 11.1. The minimum absolute atomic E-state index is 0.0619. The van der Waals surface area contributed by atoms with Crippen LogP contribution in [-0.2, 0) is 12.8 Å². The summed E-state index contributed by atoms with van der Waals surface area (Å²) in [6.07, 6.45) is 3.99. The minimum Gasteiger partial charge on any atom is -0.289 e. The second kappa shape index (κ2) is 4.34. The second-order valence-corrected chi connectivity index (χ2v) is 5.28. The number of nitrogens with one attached hydrogen (secondary N) is 1. The highest BCUT2D eigenvalue weighted by atomic mass is 16.1. The molecule has 0 atom stereocenters. The van der Waals surface area contributed by atoms with E-state index in [0.717, 1.165) is 53.8 Å². The number of benzene rings is 1. The topological polar surface area (TPSA) is 50.2 Å². The lowest BCUT2D eigenvalue weighted by molar-refractivity contribution is 0.651. The number of aryl methyl sites for hydroxylation is 1. The van der Waals surface area contributed by atoms with Crippen molar-refractivity contribution in [2.24, 2.45) is 0 Å². The van der Waals surface area contributed by atoms with Crippen molar-refractivity contribution < 1.29 is 0 Å². The first-order chi connectivity index (χ1) is 9.83. The van der Waals surface area contributed by atoms with Gasteiger partial charge in [0.25, 0.3) is 5.56 Å². The van der Waals surface area contributed by atoms with Crippen molar-refractivity contribution >= 4 is 5.65 Å². The lowest BCUT2D eigenvalue weighted by Crippen LogP contribution is -2.24. The number of hydrogen-bond acceptors (Lipinski definition) is 2. The Balaban J connectivity index is 1.96. The molecule has 0 amide bonds. The van der Waals surface area contributed by atoms with Crippen LogP contribution in [0.3, 0.4) is 0 Å². The molecular weight excluding hydrogens is 250 g/mol. The first kappa shape index (κ1) is 11.5. The molecule has 4 heteroatoms. The lowest BCUT2D eigenvalue weighted by atomic mass is 9.97. The summed E-state index contributed by atoms with van der Waals surface area (Å²) in [4.78, 5) is 17.2. The molecule has 2 heterocycles. The van der Waals surface area contributed by atoms with E-state index in [-0.39, 0.29) is 5.56 Å². The number of hydrogen-bond donors (Lipinski definition) is 1. The summed E-state index contributed by atoms with van der Waals surface area (Å²) in [5.74, 6) is 0. The molecule has 0 radical (unpaired) electrons. The van der Waals surface area contributed by atoms with E-state index in [1.165, 1.54) is 0 Å². The number of aromatic amines is 1.